The Balaban J connectivity index is 1.80. The molecule has 0 radical (unpaired) electrons. The lowest BCUT2D eigenvalue weighted by Gasteiger charge is -2.43. The quantitative estimate of drug-likeness (QED) is 0.894. The molecule has 2 aliphatic heterocycles. The van der Waals surface area contributed by atoms with Crippen LogP contribution in [0.3, 0.4) is 0 Å². The molecule has 1 N–H and O–H groups in total. The molecule has 2 heterocycles. The van der Waals surface area contributed by atoms with Gasteiger partial charge in [-0.15, -0.1) is 0 Å². The van der Waals surface area contributed by atoms with E-state index in [1.807, 2.05) is 12.1 Å². The first-order valence-electron chi connectivity index (χ1n) is 7.98. The van der Waals surface area contributed by atoms with Crippen molar-refractivity contribution in [1.82, 2.24) is 0 Å². The van der Waals surface area contributed by atoms with Crippen LogP contribution in [-0.2, 0) is 4.74 Å². The molecule has 0 saturated carbocycles. The van der Waals surface area contributed by atoms with Crippen LogP contribution >= 0.6 is 0 Å². The van der Waals surface area contributed by atoms with E-state index >= 15 is 0 Å². The molecule has 2 aromatic rings. The zero-order valence-corrected chi connectivity index (χ0v) is 12.8. The minimum atomic E-state index is 0.182. The SMILES string of the molecule is COc1ccccc1C1Nc2ccccc2[C@H]2OCCC[C@@H]12. The predicted octanol–water partition coefficient (Wildman–Crippen LogP) is 4.33. The van der Waals surface area contributed by atoms with Crippen LogP contribution < -0.4 is 10.1 Å². The Morgan fingerprint density at radius 2 is 1.82 bits per heavy atom. The summed E-state index contributed by atoms with van der Waals surface area (Å²) in [7, 11) is 1.74. The van der Waals surface area contributed by atoms with Crippen molar-refractivity contribution in [3.63, 3.8) is 0 Å². The van der Waals surface area contributed by atoms with Crippen LogP contribution in [0.5, 0.6) is 5.75 Å². The van der Waals surface area contributed by atoms with Crippen molar-refractivity contribution in [3.05, 3.63) is 59.7 Å². The summed E-state index contributed by atoms with van der Waals surface area (Å²) in [6, 6.07) is 17.0. The number of benzene rings is 2. The highest BCUT2D eigenvalue weighted by Crippen LogP contribution is 2.50. The molecule has 2 aliphatic rings. The third kappa shape index (κ3) is 2.17. The Morgan fingerprint density at radius 1 is 1.05 bits per heavy atom. The molecule has 0 amide bonds. The van der Waals surface area contributed by atoms with E-state index in [1.165, 1.54) is 23.2 Å². The summed E-state index contributed by atoms with van der Waals surface area (Å²) in [5, 5.41) is 3.73. The number of rotatable bonds is 2. The highest BCUT2D eigenvalue weighted by Gasteiger charge is 2.40. The van der Waals surface area contributed by atoms with Gasteiger partial charge in [-0.25, -0.2) is 0 Å². The molecule has 1 fully saturated rings. The number of methoxy groups -OCH3 is 1. The number of anilines is 1. The van der Waals surface area contributed by atoms with Crippen LogP contribution in [0.1, 0.15) is 36.1 Å². The van der Waals surface area contributed by atoms with E-state index < -0.39 is 0 Å². The van der Waals surface area contributed by atoms with Crippen LogP contribution in [0, 0.1) is 5.92 Å². The third-order valence-corrected chi connectivity index (χ3v) is 4.85. The standard InChI is InChI=1S/C19H21NO2/c1-21-17-11-5-3-8-14(17)18-15-9-6-12-22-19(15)13-7-2-4-10-16(13)20-18/h2-5,7-8,10-11,15,18-20H,6,9,12H2,1H3/t15-,18?,19+/m0/s1. The molecular weight excluding hydrogens is 274 g/mol. The topological polar surface area (TPSA) is 30.5 Å². The fraction of sp³-hybridized carbons (Fsp3) is 0.368. The molecule has 0 aliphatic carbocycles. The van der Waals surface area contributed by atoms with Crippen LogP contribution in [0.15, 0.2) is 48.5 Å². The Kier molecular flexibility index (Phi) is 3.51. The van der Waals surface area contributed by atoms with Gasteiger partial charge in [0, 0.05) is 29.3 Å². The van der Waals surface area contributed by atoms with E-state index in [-0.39, 0.29) is 12.1 Å². The summed E-state index contributed by atoms with van der Waals surface area (Å²) in [4.78, 5) is 0. The van der Waals surface area contributed by atoms with Gasteiger partial charge in [-0.05, 0) is 25.0 Å². The highest BCUT2D eigenvalue weighted by atomic mass is 16.5. The molecule has 0 bridgehead atoms. The number of hydrogen-bond donors (Lipinski definition) is 1. The van der Waals surface area contributed by atoms with E-state index in [0.29, 0.717) is 5.92 Å². The van der Waals surface area contributed by atoms with Crippen molar-refractivity contribution in [2.45, 2.75) is 25.0 Å². The number of ether oxygens (including phenoxy) is 2. The molecule has 1 saturated heterocycles. The fourth-order valence-electron chi connectivity index (χ4n) is 3.85. The number of nitrogens with one attached hydrogen (secondary N) is 1. The molecule has 3 atom stereocenters. The maximum Gasteiger partial charge on any atom is 0.124 e. The van der Waals surface area contributed by atoms with Gasteiger partial charge < -0.3 is 14.8 Å². The predicted molar refractivity (Wildman–Crippen MR) is 87.2 cm³/mol. The highest BCUT2D eigenvalue weighted by molar-refractivity contribution is 5.58. The van der Waals surface area contributed by atoms with Gasteiger partial charge in [0.25, 0.3) is 0 Å². The molecule has 0 aromatic heterocycles. The maximum atomic E-state index is 6.15. The average Bonchev–Trinajstić information content (AvgIpc) is 2.61. The summed E-state index contributed by atoms with van der Waals surface area (Å²) >= 11 is 0. The third-order valence-electron chi connectivity index (χ3n) is 4.85. The Bertz CT molecular complexity index is 670. The van der Waals surface area contributed by atoms with Gasteiger partial charge in [-0.2, -0.15) is 0 Å². The molecule has 3 heteroatoms. The van der Waals surface area contributed by atoms with Crippen molar-refractivity contribution >= 4 is 5.69 Å². The van der Waals surface area contributed by atoms with Gasteiger partial charge in [-0.1, -0.05) is 36.4 Å². The summed E-state index contributed by atoms with van der Waals surface area (Å²) in [5.41, 5.74) is 3.69. The molecule has 114 valence electrons. The largest absolute Gasteiger partial charge is 0.496 e. The van der Waals surface area contributed by atoms with E-state index in [2.05, 4.69) is 41.7 Å². The molecule has 1 unspecified atom stereocenters. The normalized spacial score (nSPS) is 26.5. The first-order valence-corrected chi connectivity index (χ1v) is 7.98. The maximum absolute atomic E-state index is 6.15. The smallest absolute Gasteiger partial charge is 0.124 e. The summed E-state index contributed by atoms with van der Waals surface area (Å²) in [5.74, 6) is 1.39. The molecular formula is C19H21NO2. The van der Waals surface area contributed by atoms with Gasteiger partial charge in [0.15, 0.2) is 0 Å². The summed E-state index contributed by atoms with van der Waals surface area (Å²) in [6.45, 7) is 0.855. The van der Waals surface area contributed by atoms with Crippen molar-refractivity contribution in [2.24, 2.45) is 5.92 Å². The van der Waals surface area contributed by atoms with Crippen LogP contribution in [0.25, 0.3) is 0 Å². The monoisotopic (exact) mass is 295 g/mol. The number of hydrogen-bond acceptors (Lipinski definition) is 3. The van der Waals surface area contributed by atoms with Crippen molar-refractivity contribution in [1.29, 1.82) is 0 Å². The lowest BCUT2D eigenvalue weighted by atomic mass is 9.77. The summed E-state index contributed by atoms with van der Waals surface area (Å²) in [6.07, 6.45) is 2.48. The molecule has 22 heavy (non-hydrogen) atoms. The second kappa shape index (κ2) is 5.65. The minimum Gasteiger partial charge on any atom is -0.496 e. The van der Waals surface area contributed by atoms with Gasteiger partial charge in [-0.3, -0.25) is 0 Å². The van der Waals surface area contributed by atoms with Gasteiger partial charge in [0.1, 0.15) is 5.75 Å². The van der Waals surface area contributed by atoms with Crippen molar-refractivity contribution in [2.75, 3.05) is 19.0 Å². The zero-order chi connectivity index (χ0) is 14.9. The van der Waals surface area contributed by atoms with Gasteiger partial charge in [0.2, 0.25) is 0 Å². The van der Waals surface area contributed by atoms with E-state index in [4.69, 9.17) is 9.47 Å². The number of para-hydroxylation sites is 2. The molecule has 3 nitrogen and oxygen atoms in total. The lowest BCUT2D eigenvalue weighted by Crippen LogP contribution is -2.36. The van der Waals surface area contributed by atoms with E-state index in [0.717, 1.165) is 18.8 Å². The van der Waals surface area contributed by atoms with Crippen LogP contribution in [0.2, 0.25) is 0 Å². The second-order valence-corrected chi connectivity index (χ2v) is 6.05. The van der Waals surface area contributed by atoms with Crippen molar-refractivity contribution in [3.8, 4) is 5.75 Å². The fourth-order valence-corrected chi connectivity index (χ4v) is 3.85. The molecule has 4 rings (SSSR count). The first-order chi connectivity index (χ1) is 10.9. The Hall–Kier alpha value is -2.00. The molecule has 0 spiro atoms. The molecule has 2 aromatic carbocycles. The average molecular weight is 295 g/mol. The Labute approximate surface area is 131 Å². The van der Waals surface area contributed by atoms with E-state index in [1.54, 1.807) is 7.11 Å². The Morgan fingerprint density at radius 3 is 2.68 bits per heavy atom. The summed E-state index contributed by atoms with van der Waals surface area (Å²) < 4.78 is 11.7. The zero-order valence-electron chi connectivity index (χ0n) is 12.8. The van der Waals surface area contributed by atoms with Crippen molar-refractivity contribution < 1.29 is 9.47 Å². The van der Waals surface area contributed by atoms with E-state index in [9.17, 15) is 0 Å². The number of fused-ring (bicyclic) bond motifs is 3. The second-order valence-electron chi connectivity index (χ2n) is 6.05. The van der Waals surface area contributed by atoms with Crippen LogP contribution in [0.4, 0.5) is 5.69 Å². The lowest BCUT2D eigenvalue weighted by molar-refractivity contribution is -0.0383. The van der Waals surface area contributed by atoms with Gasteiger partial charge in [0.05, 0.1) is 19.3 Å². The van der Waals surface area contributed by atoms with Crippen LogP contribution in [-0.4, -0.2) is 13.7 Å². The first kappa shape index (κ1) is 13.6. The van der Waals surface area contributed by atoms with Gasteiger partial charge >= 0.3 is 0 Å². The minimum absolute atomic E-state index is 0.182.